The van der Waals surface area contributed by atoms with Crippen LogP contribution in [0.3, 0.4) is 0 Å². The van der Waals surface area contributed by atoms with Crippen molar-refractivity contribution in [1.82, 2.24) is 0 Å². The number of aliphatic hydroxyl groups is 1. The monoisotopic (exact) mass is 284 g/mol. The second kappa shape index (κ2) is 6.46. The molecule has 0 aliphatic heterocycles. The van der Waals surface area contributed by atoms with Crippen LogP contribution in [0, 0.1) is 12.7 Å². The molecule has 2 rings (SSSR count). The van der Waals surface area contributed by atoms with E-state index < -0.39 is 0 Å². The van der Waals surface area contributed by atoms with Crippen molar-refractivity contribution in [2.75, 3.05) is 6.61 Å². The molecule has 0 aliphatic carbocycles. The first-order chi connectivity index (χ1) is 10.0. The van der Waals surface area contributed by atoms with Gasteiger partial charge in [-0.05, 0) is 54.8 Å². The van der Waals surface area contributed by atoms with Gasteiger partial charge in [0.2, 0.25) is 0 Å². The van der Waals surface area contributed by atoms with Gasteiger partial charge in [0.05, 0.1) is 6.61 Å². The van der Waals surface area contributed by atoms with Crippen molar-refractivity contribution < 1.29 is 14.3 Å². The molecule has 0 aliphatic rings. The maximum Gasteiger partial charge on any atom is 0.193 e. The predicted octanol–water partition coefficient (Wildman–Crippen LogP) is 3.76. The lowest BCUT2D eigenvalue weighted by Crippen LogP contribution is -2.05. The Morgan fingerprint density at radius 1 is 1.14 bits per heavy atom. The highest BCUT2D eigenvalue weighted by molar-refractivity contribution is 6.10. The van der Waals surface area contributed by atoms with Gasteiger partial charge < -0.3 is 5.11 Å². The van der Waals surface area contributed by atoms with Crippen LogP contribution in [0.15, 0.2) is 48.5 Å². The van der Waals surface area contributed by atoms with E-state index in [-0.39, 0.29) is 18.2 Å². The van der Waals surface area contributed by atoms with Crippen LogP contribution in [0.1, 0.15) is 34.0 Å². The van der Waals surface area contributed by atoms with E-state index in [0.29, 0.717) is 11.1 Å². The van der Waals surface area contributed by atoms with Gasteiger partial charge in [0.1, 0.15) is 5.82 Å². The number of rotatable bonds is 4. The van der Waals surface area contributed by atoms with Crippen LogP contribution in [0.2, 0.25) is 0 Å². The molecule has 0 heterocycles. The molecule has 0 amide bonds. The average Bonchev–Trinajstić information content (AvgIpc) is 2.48. The second-order valence-corrected chi connectivity index (χ2v) is 4.88. The Labute approximate surface area is 123 Å². The maximum atomic E-state index is 12.9. The minimum Gasteiger partial charge on any atom is -0.392 e. The van der Waals surface area contributed by atoms with Crippen LogP contribution in [0.5, 0.6) is 0 Å². The van der Waals surface area contributed by atoms with Crippen LogP contribution in [0.25, 0.3) is 5.57 Å². The average molecular weight is 284 g/mol. The molecule has 21 heavy (non-hydrogen) atoms. The number of allylic oxidation sites excluding steroid dienone is 1. The van der Waals surface area contributed by atoms with Gasteiger partial charge in [-0.25, -0.2) is 4.39 Å². The molecular formula is C18H17FO2. The maximum absolute atomic E-state index is 12.9. The van der Waals surface area contributed by atoms with Gasteiger partial charge >= 0.3 is 0 Å². The lowest BCUT2D eigenvalue weighted by Gasteiger charge is -2.11. The number of hydrogen-bond acceptors (Lipinski definition) is 2. The van der Waals surface area contributed by atoms with Crippen LogP contribution in [-0.4, -0.2) is 17.5 Å². The van der Waals surface area contributed by atoms with Crippen molar-refractivity contribution in [2.24, 2.45) is 0 Å². The standard InChI is InChI=1S/C18H17FO2/c1-12(10-11-20)16-4-3-5-17(13(16)2)18(21)14-6-8-15(19)9-7-14/h3-10,20H,11H2,1-2H3. The first kappa shape index (κ1) is 15.1. The van der Waals surface area contributed by atoms with Crippen molar-refractivity contribution in [1.29, 1.82) is 0 Å². The van der Waals surface area contributed by atoms with Crippen LogP contribution in [0.4, 0.5) is 4.39 Å². The molecule has 1 N–H and O–H groups in total. The Hall–Kier alpha value is -2.26. The lowest BCUT2D eigenvalue weighted by molar-refractivity contribution is 0.103. The summed E-state index contributed by atoms with van der Waals surface area (Å²) < 4.78 is 12.9. The molecule has 0 fully saturated rings. The zero-order valence-electron chi connectivity index (χ0n) is 12.1. The number of benzene rings is 2. The summed E-state index contributed by atoms with van der Waals surface area (Å²) in [4.78, 5) is 12.5. The highest BCUT2D eigenvalue weighted by atomic mass is 19.1. The van der Waals surface area contributed by atoms with Crippen molar-refractivity contribution in [3.8, 4) is 0 Å². The minimum absolute atomic E-state index is 0.0403. The molecule has 0 saturated heterocycles. The molecule has 0 radical (unpaired) electrons. The van der Waals surface area contributed by atoms with E-state index in [2.05, 4.69) is 0 Å². The number of halogens is 1. The molecule has 108 valence electrons. The van der Waals surface area contributed by atoms with Gasteiger partial charge in [-0.2, -0.15) is 0 Å². The summed E-state index contributed by atoms with van der Waals surface area (Å²) in [5, 5.41) is 8.99. The summed E-state index contributed by atoms with van der Waals surface area (Å²) in [7, 11) is 0. The predicted molar refractivity (Wildman–Crippen MR) is 81.7 cm³/mol. The van der Waals surface area contributed by atoms with Crippen molar-refractivity contribution in [2.45, 2.75) is 13.8 Å². The molecule has 0 saturated carbocycles. The van der Waals surface area contributed by atoms with Gasteiger partial charge in [0.25, 0.3) is 0 Å². The molecule has 0 unspecified atom stereocenters. The van der Waals surface area contributed by atoms with Crippen LogP contribution in [-0.2, 0) is 0 Å². The highest BCUT2D eigenvalue weighted by Gasteiger charge is 2.14. The quantitative estimate of drug-likeness (QED) is 0.868. The van der Waals surface area contributed by atoms with Gasteiger partial charge in [0, 0.05) is 11.1 Å². The summed E-state index contributed by atoms with van der Waals surface area (Å²) in [5.74, 6) is -0.495. The fraction of sp³-hybridized carbons (Fsp3) is 0.167. The highest BCUT2D eigenvalue weighted by Crippen LogP contribution is 2.23. The summed E-state index contributed by atoms with van der Waals surface area (Å²) >= 11 is 0. The van der Waals surface area contributed by atoms with E-state index in [1.807, 2.05) is 26.0 Å². The zero-order chi connectivity index (χ0) is 15.4. The smallest absolute Gasteiger partial charge is 0.193 e. The Morgan fingerprint density at radius 3 is 2.38 bits per heavy atom. The first-order valence-electron chi connectivity index (χ1n) is 6.72. The Morgan fingerprint density at radius 2 is 1.76 bits per heavy atom. The minimum atomic E-state index is -0.362. The summed E-state index contributed by atoms with van der Waals surface area (Å²) in [6.07, 6.45) is 1.70. The zero-order valence-corrected chi connectivity index (χ0v) is 12.1. The molecule has 0 spiro atoms. The second-order valence-electron chi connectivity index (χ2n) is 4.88. The largest absolute Gasteiger partial charge is 0.392 e. The van der Waals surface area contributed by atoms with Crippen LogP contribution >= 0.6 is 0 Å². The van der Waals surface area contributed by atoms with Gasteiger partial charge in [-0.15, -0.1) is 0 Å². The normalized spacial score (nSPS) is 11.5. The molecule has 0 bridgehead atoms. The van der Waals surface area contributed by atoms with Crippen LogP contribution < -0.4 is 0 Å². The molecule has 2 nitrogen and oxygen atoms in total. The van der Waals surface area contributed by atoms with E-state index in [0.717, 1.165) is 16.7 Å². The molecule has 0 aromatic heterocycles. The fourth-order valence-corrected chi connectivity index (χ4v) is 2.31. The number of carbonyl (C=O) groups excluding carboxylic acids is 1. The lowest BCUT2D eigenvalue weighted by atomic mass is 9.92. The molecular weight excluding hydrogens is 267 g/mol. The third kappa shape index (κ3) is 3.26. The number of hydrogen-bond donors (Lipinski definition) is 1. The van der Waals surface area contributed by atoms with Crippen molar-refractivity contribution in [3.63, 3.8) is 0 Å². The molecule has 3 heteroatoms. The van der Waals surface area contributed by atoms with E-state index in [1.165, 1.54) is 24.3 Å². The third-order valence-corrected chi connectivity index (χ3v) is 3.51. The topological polar surface area (TPSA) is 37.3 Å². The third-order valence-electron chi connectivity index (χ3n) is 3.51. The van der Waals surface area contributed by atoms with Gasteiger partial charge in [0.15, 0.2) is 5.78 Å². The Kier molecular flexibility index (Phi) is 4.66. The van der Waals surface area contributed by atoms with E-state index >= 15 is 0 Å². The number of carbonyl (C=O) groups is 1. The Bertz CT molecular complexity index is 685. The first-order valence-corrected chi connectivity index (χ1v) is 6.72. The molecule has 2 aromatic carbocycles. The number of ketones is 1. The molecule has 2 aromatic rings. The van der Waals surface area contributed by atoms with Crippen molar-refractivity contribution in [3.05, 3.63) is 76.6 Å². The summed E-state index contributed by atoms with van der Waals surface area (Å²) in [6, 6.07) is 11.0. The summed E-state index contributed by atoms with van der Waals surface area (Å²) in [6.45, 7) is 3.73. The fourth-order valence-electron chi connectivity index (χ4n) is 2.31. The van der Waals surface area contributed by atoms with Crippen molar-refractivity contribution >= 4 is 11.4 Å². The van der Waals surface area contributed by atoms with E-state index in [9.17, 15) is 9.18 Å². The van der Waals surface area contributed by atoms with E-state index in [1.54, 1.807) is 12.1 Å². The Balaban J connectivity index is 2.45. The number of aliphatic hydroxyl groups excluding tert-OH is 1. The van der Waals surface area contributed by atoms with Gasteiger partial charge in [-0.1, -0.05) is 24.3 Å². The van der Waals surface area contributed by atoms with Gasteiger partial charge in [-0.3, -0.25) is 4.79 Å². The molecule has 0 atom stereocenters. The summed E-state index contributed by atoms with van der Waals surface area (Å²) in [5.41, 5.74) is 3.75. The van der Waals surface area contributed by atoms with E-state index in [4.69, 9.17) is 5.11 Å². The SMILES string of the molecule is CC(=CCO)c1cccc(C(=O)c2ccc(F)cc2)c1C.